The van der Waals surface area contributed by atoms with Gasteiger partial charge in [0.25, 0.3) is 30.1 Å². The fourth-order valence-electron chi connectivity index (χ4n) is 4.64. The van der Waals surface area contributed by atoms with Crippen LogP contribution >= 0.6 is 0 Å². The Morgan fingerprint density at radius 2 is 1.51 bits per heavy atom. The van der Waals surface area contributed by atoms with E-state index in [1.807, 2.05) is 32.9 Å². The van der Waals surface area contributed by atoms with E-state index < -0.39 is 23.2 Å². The third-order valence-electron chi connectivity index (χ3n) is 6.16. The van der Waals surface area contributed by atoms with E-state index in [2.05, 4.69) is 4.84 Å². The lowest BCUT2D eigenvalue weighted by Gasteiger charge is -2.37. The van der Waals surface area contributed by atoms with E-state index in [1.165, 1.54) is 7.11 Å². The summed E-state index contributed by atoms with van der Waals surface area (Å²) in [4.78, 5) is 77.9. The highest BCUT2D eigenvalue weighted by molar-refractivity contribution is 6.02. The number of hydrogen-bond acceptors (Lipinski definition) is 9. The SMILES string of the molecule is CC1(C)CC(OC=O)/C=C/CCCC(C)(C(=O)ON2C(=O)CCC2=O)C1.CON1C(=O)CCC1=O. The summed E-state index contributed by atoms with van der Waals surface area (Å²) in [6.45, 7) is 6.25. The Labute approximate surface area is 204 Å². The van der Waals surface area contributed by atoms with Crippen molar-refractivity contribution in [3.8, 4) is 0 Å². The van der Waals surface area contributed by atoms with Gasteiger partial charge in [0.05, 0.1) is 12.5 Å². The van der Waals surface area contributed by atoms with Crippen molar-refractivity contribution >= 4 is 36.1 Å². The summed E-state index contributed by atoms with van der Waals surface area (Å²) in [5.41, 5.74) is -1.16. The highest BCUT2D eigenvalue weighted by Gasteiger charge is 2.44. The minimum Gasteiger partial charge on any atom is -0.460 e. The molecule has 0 radical (unpaired) electrons. The highest BCUT2D eigenvalue weighted by atomic mass is 16.7. The monoisotopic (exact) mass is 494 g/mol. The van der Waals surface area contributed by atoms with Gasteiger partial charge in [-0.15, -0.1) is 5.06 Å². The molecule has 0 bridgehead atoms. The van der Waals surface area contributed by atoms with Crippen LogP contribution in [0.3, 0.4) is 0 Å². The zero-order valence-corrected chi connectivity index (χ0v) is 20.7. The van der Waals surface area contributed by atoms with E-state index in [4.69, 9.17) is 9.57 Å². The van der Waals surface area contributed by atoms with Gasteiger partial charge in [0.1, 0.15) is 6.10 Å². The molecule has 2 fully saturated rings. The molecule has 2 unspecified atom stereocenters. The summed E-state index contributed by atoms with van der Waals surface area (Å²) in [5.74, 6) is -2.02. The molecule has 4 amide bonds. The molecule has 2 aliphatic heterocycles. The molecule has 35 heavy (non-hydrogen) atoms. The second kappa shape index (κ2) is 12.1. The number of rotatable bonds is 5. The Bertz CT molecular complexity index is 850. The number of nitrogens with zero attached hydrogens (tertiary/aromatic N) is 2. The molecule has 0 N–H and O–H groups in total. The minimum absolute atomic E-state index is 0.0732. The fourth-order valence-corrected chi connectivity index (χ4v) is 4.64. The minimum atomic E-state index is -0.844. The number of ether oxygens (including phenoxy) is 1. The summed E-state index contributed by atoms with van der Waals surface area (Å²) in [5, 5.41) is 1.40. The van der Waals surface area contributed by atoms with Gasteiger partial charge < -0.3 is 9.57 Å². The summed E-state index contributed by atoms with van der Waals surface area (Å²) in [6.07, 6.45) is 7.32. The largest absolute Gasteiger partial charge is 0.460 e. The molecule has 2 saturated heterocycles. The van der Waals surface area contributed by atoms with Crippen molar-refractivity contribution in [3.63, 3.8) is 0 Å². The molecule has 1 aliphatic carbocycles. The van der Waals surface area contributed by atoms with Gasteiger partial charge in [0.2, 0.25) is 0 Å². The van der Waals surface area contributed by atoms with E-state index in [9.17, 15) is 28.8 Å². The van der Waals surface area contributed by atoms with Crippen LogP contribution in [0.15, 0.2) is 12.2 Å². The molecular weight excluding hydrogens is 460 g/mol. The number of hydrogen-bond donors (Lipinski definition) is 0. The van der Waals surface area contributed by atoms with Crippen LogP contribution in [0.25, 0.3) is 0 Å². The first-order valence-electron chi connectivity index (χ1n) is 11.7. The first-order chi connectivity index (χ1) is 16.4. The van der Waals surface area contributed by atoms with Gasteiger partial charge in [-0.25, -0.2) is 4.79 Å². The van der Waals surface area contributed by atoms with Crippen molar-refractivity contribution < 1.29 is 43.2 Å². The number of allylic oxidation sites excluding steroid dienone is 1. The van der Waals surface area contributed by atoms with Gasteiger partial charge in [-0.3, -0.25) is 28.8 Å². The topological polar surface area (TPSA) is 137 Å². The molecule has 0 aromatic heterocycles. The zero-order valence-electron chi connectivity index (χ0n) is 20.7. The second-order valence-electron chi connectivity index (χ2n) is 9.92. The Morgan fingerprint density at radius 3 is 2.00 bits per heavy atom. The molecule has 194 valence electrons. The first-order valence-corrected chi connectivity index (χ1v) is 11.7. The number of amides is 4. The van der Waals surface area contributed by atoms with E-state index >= 15 is 0 Å². The molecule has 2 atom stereocenters. The quantitative estimate of drug-likeness (QED) is 0.320. The number of carbonyl (C=O) groups is 6. The Morgan fingerprint density at radius 1 is 0.971 bits per heavy atom. The maximum absolute atomic E-state index is 12.9. The molecular formula is C24H34N2O9. The lowest BCUT2D eigenvalue weighted by atomic mass is 9.69. The predicted octanol–water partition coefficient (Wildman–Crippen LogP) is 2.38. The van der Waals surface area contributed by atoms with Crippen LogP contribution in [0.4, 0.5) is 0 Å². The van der Waals surface area contributed by atoms with Crippen molar-refractivity contribution in [2.24, 2.45) is 10.8 Å². The van der Waals surface area contributed by atoms with Crippen LogP contribution in [0.2, 0.25) is 0 Å². The van der Waals surface area contributed by atoms with Crippen LogP contribution in [-0.2, 0) is 43.2 Å². The Balaban J connectivity index is 0.000000402. The lowest BCUT2D eigenvalue weighted by Crippen LogP contribution is -2.41. The third kappa shape index (κ3) is 7.71. The van der Waals surface area contributed by atoms with Crippen molar-refractivity contribution in [1.29, 1.82) is 0 Å². The molecule has 0 spiro atoms. The average molecular weight is 495 g/mol. The molecule has 0 saturated carbocycles. The van der Waals surface area contributed by atoms with Crippen LogP contribution in [-0.4, -0.2) is 59.4 Å². The van der Waals surface area contributed by atoms with E-state index in [-0.39, 0.29) is 49.0 Å². The maximum Gasteiger partial charge on any atom is 0.339 e. The van der Waals surface area contributed by atoms with Gasteiger partial charge in [-0.1, -0.05) is 19.9 Å². The molecule has 3 rings (SSSR count). The van der Waals surface area contributed by atoms with Gasteiger partial charge in [-0.2, -0.15) is 5.06 Å². The first kappa shape index (κ1) is 28.2. The van der Waals surface area contributed by atoms with E-state index in [0.717, 1.165) is 17.9 Å². The van der Waals surface area contributed by atoms with Crippen molar-refractivity contribution in [1.82, 2.24) is 10.1 Å². The molecule has 11 heteroatoms. The van der Waals surface area contributed by atoms with Crippen LogP contribution < -0.4 is 0 Å². The lowest BCUT2D eigenvalue weighted by molar-refractivity contribution is -0.206. The summed E-state index contributed by atoms with van der Waals surface area (Å²) in [7, 11) is 1.31. The third-order valence-corrected chi connectivity index (χ3v) is 6.16. The summed E-state index contributed by atoms with van der Waals surface area (Å²) >= 11 is 0. The van der Waals surface area contributed by atoms with E-state index in [1.54, 1.807) is 0 Å². The highest BCUT2D eigenvalue weighted by Crippen LogP contribution is 2.42. The fraction of sp³-hybridized carbons (Fsp3) is 0.667. The molecule has 0 aromatic carbocycles. The summed E-state index contributed by atoms with van der Waals surface area (Å²) < 4.78 is 5.13. The van der Waals surface area contributed by atoms with Gasteiger partial charge >= 0.3 is 5.97 Å². The van der Waals surface area contributed by atoms with E-state index in [0.29, 0.717) is 30.8 Å². The predicted molar refractivity (Wildman–Crippen MR) is 120 cm³/mol. The Hall–Kier alpha value is -3.08. The molecule has 0 aromatic rings. The zero-order chi connectivity index (χ0) is 26.2. The second-order valence-corrected chi connectivity index (χ2v) is 9.92. The van der Waals surface area contributed by atoms with Gasteiger partial charge in [0.15, 0.2) is 0 Å². The Kier molecular flexibility index (Phi) is 9.70. The average Bonchev–Trinajstić information content (AvgIpc) is 3.27. The standard InChI is InChI=1S/C19H27NO6.C5H7NO3/c1-18(2)11-14(25-13-21)7-5-4-6-10-19(3,12-18)17(24)26-20-15(22)8-9-16(20)23;1-9-6-4(7)2-3-5(6)8/h5,7,13-14H,4,6,8-12H2,1-3H3;2-3H2,1H3/b7-5+;. The number of hydroxylamine groups is 4. The van der Waals surface area contributed by atoms with Crippen LogP contribution in [0.5, 0.6) is 0 Å². The van der Waals surface area contributed by atoms with Crippen molar-refractivity contribution in [3.05, 3.63) is 12.2 Å². The maximum atomic E-state index is 12.9. The van der Waals surface area contributed by atoms with Crippen molar-refractivity contribution in [2.45, 2.75) is 84.7 Å². The number of imide groups is 2. The normalized spacial score (nSPS) is 27.7. The summed E-state index contributed by atoms with van der Waals surface area (Å²) in [6, 6.07) is 0. The smallest absolute Gasteiger partial charge is 0.339 e. The number of carbonyl (C=O) groups excluding carboxylic acids is 6. The van der Waals surface area contributed by atoms with Crippen LogP contribution in [0, 0.1) is 10.8 Å². The molecule has 3 aliphatic rings. The van der Waals surface area contributed by atoms with Gasteiger partial charge in [-0.05, 0) is 50.5 Å². The molecule has 2 heterocycles. The van der Waals surface area contributed by atoms with Crippen molar-refractivity contribution in [2.75, 3.05) is 7.11 Å². The van der Waals surface area contributed by atoms with Crippen LogP contribution in [0.1, 0.15) is 78.6 Å². The van der Waals surface area contributed by atoms with Gasteiger partial charge in [0, 0.05) is 25.7 Å². The molecule has 11 nitrogen and oxygen atoms in total.